The highest BCUT2D eigenvalue weighted by Crippen LogP contribution is 2.81. The van der Waals surface area contributed by atoms with Crippen molar-refractivity contribution in [3.8, 4) is 0 Å². The number of benzene rings is 1. The van der Waals surface area contributed by atoms with Crippen molar-refractivity contribution in [3.63, 3.8) is 0 Å². The molecule has 7 atom stereocenters. The first-order chi connectivity index (χ1) is 22.2. The Bertz CT molecular complexity index is 1540. The van der Waals surface area contributed by atoms with E-state index in [9.17, 15) is 14.7 Å². The van der Waals surface area contributed by atoms with E-state index in [0.717, 1.165) is 40.2 Å². The van der Waals surface area contributed by atoms with Gasteiger partial charge in [-0.3, -0.25) is 15.0 Å². The summed E-state index contributed by atoms with van der Waals surface area (Å²) in [6, 6.07) is 7.59. The van der Waals surface area contributed by atoms with Gasteiger partial charge in [0.15, 0.2) is 0 Å². The molecule has 15 heteroatoms. The van der Waals surface area contributed by atoms with Gasteiger partial charge in [0.05, 0.1) is 21.5 Å². The number of hydrogen-bond donors (Lipinski definition) is 6. The van der Waals surface area contributed by atoms with E-state index < -0.39 is 32.4 Å². The van der Waals surface area contributed by atoms with Crippen LogP contribution < -0.4 is 0 Å². The average molecular weight is 846 g/mol. The number of allylic oxidation sites excluding steroid dienone is 1. The number of carbonyl (C=O) groups excluding carboxylic acids is 2. The minimum Gasteiger partial charge on any atom is -0.510 e. The molecule has 4 aliphatic carbocycles. The van der Waals surface area contributed by atoms with Gasteiger partial charge >= 0.3 is 5.97 Å². The Morgan fingerprint density at radius 1 is 1.23 bits per heavy atom. The summed E-state index contributed by atoms with van der Waals surface area (Å²) < 4.78 is 6.30. The number of aliphatic hydroxyl groups is 1. The van der Waals surface area contributed by atoms with Gasteiger partial charge in [-0.1, -0.05) is 18.2 Å². The summed E-state index contributed by atoms with van der Waals surface area (Å²) in [6.07, 6.45) is 4.94. The van der Waals surface area contributed by atoms with Crippen molar-refractivity contribution < 1.29 is 19.4 Å². The predicted molar refractivity (Wildman–Crippen MR) is 209 cm³/mol. The molecule has 0 aromatic heterocycles. The van der Waals surface area contributed by atoms with Crippen molar-refractivity contribution >= 4 is 109 Å². The molecule has 2 spiro atoms. The molecule has 6 rings (SSSR count). The summed E-state index contributed by atoms with van der Waals surface area (Å²) >= 11 is 23.1. The molecule has 2 N–H and O–H groups in total. The number of nitrogens with one attached hydrogen (secondary N) is 1. The Kier molecular flexibility index (Phi) is 10.1. The Morgan fingerprint density at radius 2 is 1.91 bits per heavy atom. The van der Waals surface area contributed by atoms with Gasteiger partial charge in [-0.05, 0) is 79.4 Å². The van der Waals surface area contributed by atoms with Crippen LogP contribution in [0.2, 0.25) is 0 Å². The molecular formula is C32H40IN5O4S5. The fourth-order valence-corrected chi connectivity index (χ4v) is 12.4. The smallest absolute Gasteiger partial charge is 0.316 e. The largest absolute Gasteiger partial charge is 0.510 e. The van der Waals surface area contributed by atoms with E-state index in [1.54, 1.807) is 12.3 Å². The molecule has 1 heterocycles. The molecular weight excluding hydrogens is 806 g/mol. The van der Waals surface area contributed by atoms with Crippen LogP contribution in [0.15, 0.2) is 56.3 Å². The van der Waals surface area contributed by atoms with E-state index >= 15 is 0 Å². The number of rotatable bonds is 7. The quantitative estimate of drug-likeness (QED) is 0.0311. The topological polar surface area (TPSA) is 110 Å². The van der Waals surface area contributed by atoms with Crippen molar-refractivity contribution in [1.29, 1.82) is 5.41 Å². The van der Waals surface area contributed by atoms with Crippen LogP contribution in [0, 0.1) is 22.2 Å². The summed E-state index contributed by atoms with van der Waals surface area (Å²) in [5.74, 6) is 0.0214. The van der Waals surface area contributed by atoms with Gasteiger partial charge in [0.2, 0.25) is 5.96 Å². The van der Waals surface area contributed by atoms with Crippen LogP contribution in [-0.4, -0.2) is 103 Å². The predicted octanol–water partition coefficient (Wildman–Crippen LogP) is 5.54. The first kappa shape index (κ1) is 35.8. The highest BCUT2D eigenvalue weighted by molar-refractivity contribution is 14.1. The molecule has 2 bridgehead atoms. The normalized spacial score (nSPS) is 36.8. The Morgan fingerprint density at radius 3 is 2.57 bits per heavy atom. The van der Waals surface area contributed by atoms with Crippen LogP contribution in [0.4, 0.5) is 0 Å². The molecule has 0 radical (unpaired) electrons. The van der Waals surface area contributed by atoms with E-state index in [1.165, 1.54) is 16.2 Å². The minimum atomic E-state index is -1.14. The SMILES string of the molecule is C=C[C@]1(S)C[C@@H](OC(=O)CSc2ccc(/C=N/N(S)C(=N)N3CCN(C)CC3)cc2)[C@]2(S)C(S)CC34CC(CCC3=O)(C(I)=C1O)C42. The maximum absolute atomic E-state index is 13.5. The second kappa shape index (κ2) is 13.3. The molecule has 1 aromatic carbocycles. The summed E-state index contributed by atoms with van der Waals surface area (Å²) in [5, 5.41) is 24.0. The third-order valence-electron chi connectivity index (χ3n) is 10.9. The number of aliphatic hydroxyl groups excluding tert-OH is 1. The lowest BCUT2D eigenvalue weighted by Gasteiger charge is -2.68. The molecule has 1 aromatic rings. The first-order valence-corrected chi connectivity index (χ1v) is 19.4. The number of halogens is 1. The van der Waals surface area contributed by atoms with E-state index in [2.05, 4.69) is 59.0 Å². The number of likely N-dealkylation sites (N-methyl/N-ethyl adjacent to an activating group) is 1. The molecule has 5 aliphatic rings. The van der Waals surface area contributed by atoms with E-state index in [4.69, 9.17) is 48.0 Å². The average Bonchev–Trinajstić information content (AvgIpc) is 3.25. The molecule has 9 nitrogen and oxygen atoms in total. The summed E-state index contributed by atoms with van der Waals surface area (Å²) in [6.45, 7) is 7.26. The van der Waals surface area contributed by atoms with Crippen molar-refractivity contribution in [2.45, 2.75) is 57.8 Å². The van der Waals surface area contributed by atoms with Crippen molar-refractivity contribution in [2.75, 3.05) is 39.0 Å². The summed E-state index contributed by atoms with van der Waals surface area (Å²) in [7, 11) is 2.07. The number of thioether (sulfide) groups is 1. The fourth-order valence-electron chi connectivity index (χ4n) is 8.44. The number of ketones is 1. The van der Waals surface area contributed by atoms with Gasteiger partial charge in [-0.2, -0.15) is 47.4 Å². The third kappa shape index (κ3) is 5.98. The standard InChI is InChI=1S/C32H40IN5O4S5/c1-3-31(44)14-22(32(45)23(43)15-30-18-29(27(30)32,9-8-21(30)39)25(33)26(31)41)42-24(40)17-47-20-6-4-19(5-7-20)16-35-38(46)28(34)37-12-10-36(2)11-13-37/h3-7,16,22-23,27,34,41,43-46H,1,8-15,17-18H2,2H3/b26-25?,34-28?,35-16+/t22-,23?,27?,29?,30?,31+,32+/m1/s1. The van der Waals surface area contributed by atoms with Crippen LogP contribution in [-0.2, 0) is 14.3 Å². The number of ether oxygens (including phenoxy) is 1. The lowest BCUT2D eigenvalue weighted by Crippen LogP contribution is -2.70. The lowest BCUT2D eigenvalue weighted by atomic mass is 9.38. The molecule has 1 saturated heterocycles. The number of hydrogen-bond acceptors (Lipinski definition) is 12. The van der Waals surface area contributed by atoms with Crippen LogP contribution in [0.5, 0.6) is 0 Å². The Balaban J connectivity index is 1.13. The van der Waals surface area contributed by atoms with Crippen molar-refractivity contribution in [3.05, 3.63) is 51.8 Å². The zero-order chi connectivity index (χ0) is 33.9. The van der Waals surface area contributed by atoms with Gasteiger partial charge in [0.1, 0.15) is 17.6 Å². The molecule has 47 heavy (non-hydrogen) atoms. The molecule has 0 amide bonds. The van der Waals surface area contributed by atoms with Crippen LogP contribution in [0.3, 0.4) is 0 Å². The lowest BCUT2D eigenvalue weighted by molar-refractivity contribution is -0.178. The minimum absolute atomic E-state index is 0.0601. The van der Waals surface area contributed by atoms with Crippen LogP contribution in [0.25, 0.3) is 0 Å². The van der Waals surface area contributed by atoms with E-state index in [0.29, 0.717) is 25.7 Å². The highest BCUT2D eigenvalue weighted by Gasteiger charge is 2.82. The number of hydrazone groups is 1. The summed E-state index contributed by atoms with van der Waals surface area (Å²) in [4.78, 5) is 31.9. The number of esters is 1. The summed E-state index contributed by atoms with van der Waals surface area (Å²) in [5.41, 5.74) is -0.169. The molecule has 1 aliphatic heterocycles. The first-order valence-electron chi connectivity index (χ1n) is 15.6. The zero-order valence-corrected chi connectivity index (χ0v) is 32.6. The van der Waals surface area contributed by atoms with Crippen LogP contribution in [0.1, 0.15) is 37.7 Å². The maximum atomic E-state index is 13.5. The van der Waals surface area contributed by atoms with Crippen molar-refractivity contribution in [2.24, 2.45) is 21.8 Å². The number of guanidine groups is 1. The number of Topliss-reactive ketones (excluding diaryl/α,β-unsaturated/α-hetero) is 1. The molecule has 4 fully saturated rings. The van der Waals surface area contributed by atoms with Gasteiger partial charge in [-0.25, -0.2) is 0 Å². The number of carbonyl (C=O) groups is 2. The second-order valence-corrected chi connectivity index (χ2v) is 18.1. The van der Waals surface area contributed by atoms with Crippen LogP contribution >= 0.6 is 85.1 Å². The molecule has 254 valence electrons. The maximum Gasteiger partial charge on any atom is 0.316 e. The third-order valence-corrected chi connectivity index (χ3v) is 16.0. The molecule has 4 unspecified atom stereocenters. The van der Waals surface area contributed by atoms with Gasteiger partial charge < -0.3 is 19.6 Å². The highest BCUT2D eigenvalue weighted by atomic mass is 127. The monoisotopic (exact) mass is 845 g/mol. The number of nitrogens with zero attached hydrogens (tertiary/aromatic N) is 4. The number of thiol groups is 4. The van der Waals surface area contributed by atoms with Gasteiger partial charge in [-0.15, -0.1) is 18.3 Å². The Hall–Kier alpha value is -0.980. The van der Waals surface area contributed by atoms with E-state index in [-0.39, 0.29) is 40.8 Å². The Labute approximate surface area is 316 Å². The number of piperazine rings is 1. The van der Waals surface area contributed by atoms with Crippen molar-refractivity contribution in [1.82, 2.24) is 14.2 Å². The molecule has 3 saturated carbocycles. The van der Waals surface area contributed by atoms with Gasteiger partial charge in [0.25, 0.3) is 0 Å². The second-order valence-electron chi connectivity index (χ2n) is 13.4. The van der Waals surface area contributed by atoms with Gasteiger partial charge in [0, 0.05) is 69.5 Å². The zero-order valence-electron chi connectivity index (χ0n) is 26.0. The van der Waals surface area contributed by atoms with E-state index in [1.807, 2.05) is 29.2 Å². The fraction of sp³-hybridized carbons (Fsp3) is 0.562.